The molecule has 0 aromatic rings. The fraction of sp³-hybridized carbons (Fsp3) is 1.00. The molecule has 0 atom stereocenters. The van der Waals surface area contributed by atoms with Gasteiger partial charge in [-0.3, -0.25) is 0 Å². The first-order chi connectivity index (χ1) is 6.91. The molecule has 0 amide bonds. The summed E-state index contributed by atoms with van der Waals surface area (Å²) in [7, 11) is 0. The molecule has 0 bridgehead atoms. The minimum absolute atomic E-state index is 0.0431. The quantitative estimate of drug-likeness (QED) is 0.776. The highest BCUT2D eigenvalue weighted by atomic mass is 15.2. The Balaban J connectivity index is 2.41. The predicted octanol–water partition coefficient (Wildman–Crippen LogP) is 2.63. The maximum absolute atomic E-state index is 6.35. The van der Waals surface area contributed by atoms with Gasteiger partial charge in [-0.15, -0.1) is 0 Å². The Hall–Kier alpha value is -0.0800. The molecule has 0 aliphatic carbocycles. The van der Waals surface area contributed by atoms with Crippen LogP contribution in [-0.4, -0.2) is 30.1 Å². The van der Waals surface area contributed by atoms with Crippen LogP contribution < -0.4 is 5.73 Å². The van der Waals surface area contributed by atoms with Crippen molar-refractivity contribution in [2.45, 2.75) is 58.9 Å². The first-order valence-electron chi connectivity index (χ1n) is 6.42. The molecular formula is C13H28N2. The van der Waals surface area contributed by atoms with E-state index < -0.39 is 0 Å². The van der Waals surface area contributed by atoms with Gasteiger partial charge in [-0.25, -0.2) is 0 Å². The van der Waals surface area contributed by atoms with Crippen molar-refractivity contribution in [3.05, 3.63) is 0 Å². The second-order valence-electron chi connectivity index (χ2n) is 6.01. The zero-order chi connectivity index (χ0) is 11.5. The largest absolute Gasteiger partial charge is 0.324 e. The Bertz CT molecular complexity index is 185. The van der Waals surface area contributed by atoms with Gasteiger partial charge in [0.1, 0.15) is 0 Å². The molecule has 2 heteroatoms. The van der Waals surface area contributed by atoms with Crippen molar-refractivity contribution in [3.63, 3.8) is 0 Å². The lowest BCUT2D eigenvalue weighted by Crippen LogP contribution is -2.51. The van der Waals surface area contributed by atoms with Gasteiger partial charge in [0.15, 0.2) is 0 Å². The first-order valence-corrected chi connectivity index (χ1v) is 6.42. The molecule has 0 aromatic heterocycles. The molecule has 2 N–H and O–H groups in total. The molecule has 15 heavy (non-hydrogen) atoms. The Morgan fingerprint density at radius 3 is 2.00 bits per heavy atom. The molecule has 1 fully saturated rings. The molecule has 1 aliphatic heterocycles. The molecule has 1 saturated heterocycles. The predicted molar refractivity (Wildman–Crippen MR) is 67.0 cm³/mol. The Labute approximate surface area is 95.2 Å². The third-order valence-electron chi connectivity index (χ3n) is 4.16. The molecule has 2 nitrogen and oxygen atoms in total. The van der Waals surface area contributed by atoms with Gasteiger partial charge in [0, 0.05) is 12.1 Å². The fourth-order valence-electron chi connectivity index (χ4n) is 2.24. The normalized spacial score (nSPS) is 23.0. The van der Waals surface area contributed by atoms with Crippen LogP contribution in [0.1, 0.15) is 53.4 Å². The van der Waals surface area contributed by atoms with Gasteiger partial charge in [0.2, 0.25) is 0 Å². The summed E-state index contributed by atoms with van der Waals surface area (Å²) in [5, 5.41) is 0. The van der Waals surface area contributed by atoms with Crippen LogP contribution in [-0.2, 0) is 0 Å². The molecule has 0 saturated carbocycles. The molecule has 1 rings (SSSR count). The number of nitrogens with zero attached hydrogens (tertiary/aromatic N) is 1. The zero-order valence-electron chi connectivity index (χ0n) is 11.0. The average molecular weight is 212 g/mol. The van der Waals surface area contributed by atoms with E-state index in [1.165, 1.54) is 25.9 Å². The summed E-state index contributed by atoms with van der Waals surface area (Å²) in [6, 6.07) is 0. The molecule has 90 valence electrons. The van der Waals surface area contributed by atoms with Crippen molar-refractivity contribution < 1.29 is 0 Å². The molecular weight excluding hydrogens is 184 g/mol. The third-order valence-corrected chi connectivity index (χ3v) is 4.16. The first kappa shape index (κ1) is 13.0. The minimum atomic E-state index is 0.0431. The SMILES string of the molecule is CCC(N)(CC)CN1CCC(C)(C)CC1. The van der Waals surface area contributed by atoms with E-state index in [1.807, 2.05) is 0 Å². The van der Waals surface area contributed by atoms with E-state index in [-0.39, 0.29) is 5.54 Å². The summed E-state index contributed by atoms with van der Waals surface area (Å²) in [6.45, 7) is 12.7. The number of piperidine rings is 1. The van der Waals surface area contributed by atoms with Crippen LogP contribution >= 0.6 is 0 Å². The molecule has 0 radical (unpaired) electrons. The van der Waals surface area contributed by atoms with Crippen LogP contribution in [0.4, 0.5) is 0 Å². The van der Waals surface area contributed by atoms with Gasteiger partial charge in [-0.05, 0) is 44.2 Å². The third kappa shape index (κ3) is 3.76. The molecule has 0 spiro atoms. The summed E-state index contributed by atoms with van der Waals surface area (Å²) in [6.07, 6.45) is 4.81. The number of likely N-dealkylation sites (tertiary alicyclic amines) is 1. The van der Waals surface area contributed by atoms with Crippen LogP contribution in [0.15, 0.2) is 0 Å². The smallest absolute Gasteiger partial charge is 0.0278 e. The summed E-state index contributed by atoms with van der Waals surface area (Å²) >= 11 is 0. The summed E-state index contributed by atoms with van der Waals surface area (Å²) in [5.74, 6) is 0. The highest BCUT2D eigenvalue weighted by Crippen LogP contribution is 2.30. The molecule has 0 unspecified atom stereocenters. The minimum Gasteiger partial charge on any atom is -0.324 e. The van der Waals surface area contributed by atoms with Crippen molar-refractivity contribution >= 4 is 0 Å². The van der Waals surface area contributed by atoms with Gasteiger partial charge in [0.05, 0.1) is 0 Å². The van der Waals surface area contributed by atoms with E-state index >= 15 is 0 Å². The number of hydrogen-bond acceptors (Lipinski definition) is 2. The second-order valence-corrected chi connectivity index (χ2v) is 6.01. The van der Waals surface area contributed by atoms with E-state index in [2.05, 4.69) is 32.6 Å². The van der Waals surface area contributed by atoms with Crippen LogP contribution in [0.5, 0.6) is 0 Å². The lowest BCUT2D eigenvalue weighted by molar-refractivity contribution is 0.106. The van der Waals surface area contributed by atoms with E-state index in [9.17, 15) is 0 Å². The van der Waals surface area contributed by atoms with Gasteiger partial charge in [0.25, 0.3) is 0 Å². The van der Waals surface area contributed by atoms with E-state index in [4.69, 9.17) is 5.73 Å². The van der Waals surface area contributed by atoms with Crippen LogP contribution in [0.3, 0.4) is 0 Å². The highest BCUT2D eigenvalue weighted by molar-refractivity contribution is 4.88. The molecule has 1 aliphatic rings. The van der Waals surface area contributed by atoms with Crippen molar-refractivity contribution in [2.75, 3.05) is 19.6 Å². The summed E-state index contributed by atoms with van der Waals surface area (Å²) in [5.41, 5.74) is 6.94. The van der Waals surface area contributed by atoms with E-state index in [1.54, 1.807) is 0 Å². The standard InChI is InChI=1S/C13H28N2/c1-5-13(14,6-2)11-15-9-7-12(3,4)8-10-15/h5-11,14H2,1-4H3. The Morgan fingerprint density at radius 1 is 1.13 bits per heavy atom. The number of nitrogens with two attached hydrogens (primary N) is 1. The van der Waals surface area contributed by atoms with E-state index in [0.29, 0.717) is 5.41 Å². The van der Waals surface area contributed by atoms with Crippen LogP contribution in [0, 0.1) is 5.41 Å². The summed E-state index contributed by atoms with van der Waals surface area (Å²) < 4.78 is 0. The highest BCUT2D eigenvalue weighted by Gasteiger charge is 2.29. The zero-order valence-corrected chi connectivity index (χ0v) is 11.0. The van der Waals surface area contributed by atoms with Gasteiger partial charge in [-0.2, -0.15) is 0 Å². The van der Waals surface area contributed by atoms with Crippen molar-refractivity contribution in [1.29, 1.82) is 0 Å². The average Bonchev–Trinajstić information content (AvgIpc) is 2.21. The maximum atomic E-state index is 6.35. The lowest BCUT2D eigenvalue weighted by atomic mass is 9.82. The monoisotopic (exact) mass is 212 g/mol. The Morgan fingerprint density at radius 2 is 1.60 bits per heavy atom. The van der Waals surface area contributed by atoms with Crippen LogP contribution in [0.25, 0.3) is 0 Å². The van der Waals surface area contributed by atoms with Crippen molar-refractivity contribution in [3.8, 4) is 0 Å². The second kappa shape index (κ2) is 4.84. The van der Waals surface area contributed by atoms with Gasteiger partial charge >= 0.3 is 0 Å². The molecule has 1 heterocycles. The van der Waals surface area contributed by atoms with Crippen LogP contribution in [0.2, 0.25) is 0 Å². The fourth-order valence-corrected chi connectivity index (χ4v) is 2.24. The number of hydrogen-bond donors (Lipinski definition) is 1. The topological polar surface area (TPSA) is 29.3 Å². The maximum Gasteiger partial charge on any atom is 0.0278 e. The van der Waals surface area contributed by atoms with Crippen molar-refractivity contribution in [2.24, 2.45) is 11.1 Å². The number of rotatable bonds is 4. The molecule has 0 aromatic carbocycles. The summed E-state index contributed by atoms with van der Waals surface area (Å²) in [4.78, 5) is 2.55. The Kier molecular flexibility index (Phi) is 4.19. The van der Waals surface area contributed by atoms with Crippen molar-refractivity contribution in [1.82, 2.24) is 4.90 Å². The lowest BCUT2D eigenvalue weighted by Gasteiger charge is -2.41. The van der Waals surface area contributed by atoms with Gasteiger partial charge < -0.3 is 10.6 Å². The van der Waals surface area contributed by atoms with Gasteiger partial charge in [-0.1, -0.05) is 27.7 Å². The van der Waals surface area contributed by atoms with E-state index in [0.717, 1.165) is 19.4 Å².